The molecule has 0 radical (unpaired) electrons. The number of amides is 1. The number of carbonyl (C=O) groups is 1. The summed E-state index contributed by atoms with van der Waals surface area (Å²) in [6.07, 6.45) is 0.294. The quantitative estimate of drug-likeness (QED) is 0.835. The molecule has 0 atom stereocenters. The SMILES string of the molecule is CCCOC(=O)Nc1cccc(-n2nnnc2S)c1. The topological polar surface area (TPSA) is 81.9 Å². The number of aromatic nitrogens is 4. The number of ether oxygens (including phenoxy) is 1. The van der Waals surface area contributed by atoms with Gasteiger partial charge >= 0.3 is 6.09 Å². The summed E-state index contributed by atoms with van der Waals surface area (Å²) in [6.45, 7) is 2.32. The van der Waals surface area contributed by atoms with Crippen molar-refractivity contribution in [2.75, 3.05) is 11.9 Å². The smallest absolute Gasteiger partial charge is 0.411 e. The number of benzene rings is 1. The standard InChI is InChI=1S/C11H13N5O2S/c1-2-6-18-11(17)12-8-4-3-5-9(7-8)16-10(19)13-14-15-16/h3-5,7H,2,6H2,1H3,(H,12,17)(H,13,15,19). The van der Waals surface area contributed by atoms with E-state index in [0.29, 0.717) is 23.1 Å². The van der Waals surface area contributed by atoms with Crippen LogP contribution >= 0.6 is 12.6 Å². The number of hydrogen-bond donors (Lipinski definition) is 2. The maximum Gasteiger partial charge on any atom is 0.411 e. The van der Waals surface area contributed by atoms with Crippen molar-refractivity contribution in [1.29, 1.82) is 0 Å². The van der Waals surface area contributed by atoms with Gasteiger partial charge in [0.1, 0.15) is 0 Å². The van der Waals surface area contributed by atoms with Crippen LogP contribution in [-0.2, 0) is 4.74 Å². The van der Waals surface area contributed by atoms with E-state index in [9.17, 15) is 4.79 Å². The summed E-state index contributed by atoms with van der Waals surface area (Å²) in [5.41, 5.74) is 1.30. The predicted octanol–water partition coefficient (Wildman–Crippen LogP) is 1.91. The van der Waals surface area contributed by atoms with Gasteiger partial charge in [-0.25, -0.2) is 4.79 Å². The monoisotopic (exact) mass is 279 g/mol. The van der Waals surface area contributed by atoms with E-state index in [2.05, 4.69) is 33.5 Å². The normalized spacial score (nSPS) is 10.2. The lowest BCUT2D eigenvalue weighted by Crippen LogP contribution is -2.14. The van der Waals surface area contributed by atoms with Gasteiger partial charge < -0.3 is 4.74 Å². The number of anilines is 1. The summed E-state index contributed by atoms with van der Waals surface area (Å²) in [7, 11) is 0. The van der Waals surface area contributed by atoms with Crippen LogP contribution in [0.4, 0.5) is 10.5 Å². The summed E-state index contributed by atoms with van der Waals surface area (Å²) in [6, 6.07) is 7.06. The summed E-state index contributed by atoms with van der Waals surface area (Å²) in [5, 5.41) is 14.0. The summed E-state index contributed by atoms with van der Waals surface area (Å²) < 4.78 is 6.39. The van der Waals surface area contributed by atoms with Crippen molar-refractivity contribution in [2.45, 2.75) is 18.5 Å². The summed E-state index contributed by atoms with van der Waals surface area (Å²) in [4.78, 5) is 11.4. The Bertz CT molecular complexity index is 572. The number of tetrazole rings is 1. The lowest BCUT2D eigenvalue weighted by atomic mass is 10.3. The fourth-order valence-electron chi connectivity index (χ4n) is 1.41. The minimum absolute atomic E-state index is 0.366. The van der Waals surface area contributed by atoms with Gasteiger partial charge in [0.05, 0.1) is 12.3 Å². The maximum atomic E-state index is 11.4. The third kappa shape index (κ3) is 3.44. The van der Waals surface area contributed by atoms with Gasteiger partial charge in [-0.05, 0) is 35.0 Å². The highest BCUT2D eigenvalue weighted by Gasteiger charge is 2.07. The number of thiol groups is 1. The molecule has 0 bridgehead atoms. The third-order valence-corrected chi connectivity index (χ3v) is 2.51. The van der Waals surface area contributed by atoms with Crippen molar-refractivity contribution in [3.05, 3.63) is 24.3 Å². The van der Waals surface area contributed by atoms with Crippen molar-refractivity contribution in [3.8, 4) is 5.69 Å². The second-order valence-corrected chi connectivity index (χ2v) is 4.10. The van der Waals surface area contributed by atoms with Gasteiger partial charge in [-0.3, -0.25) is 5.32 Å². The molecule has 8 heteroatoms. The van der Waals surface area contributed by atoms with Gasteiger partial charge in [-0.1, -0.05) is 13.0 Å². The molecule has 1 aromatic heterocycles. The first-order chi connectivity index (χ1) is 9.20. The van der Waals surface area contributed by atoms with E-state index in [4.69, 9.17) is 4.74 Å². The molecule has 2 aromatic rings. The molecule has 0 aliphatic carbocycles. The molecular weight excluding hydrogens is 266 g/mol. The van der Waals surface area contributed by atoms with Crippen molar-refractivity contribution in [2.24, 2.45) is 0 Å². The number of carbonyl (C=O) groups excluding carboxylic acids is 1. The molecule has 0 unspecified atom stereocenters. The Hall–Kier alpha value is -2.09. The van der Waals surface area contributed by atoms with Gasteiger partial charge in [0.2, 0.25) is 5.16 Å². The average Bonchev–Trinajstić information content (AvgIpc) is 2.83. The zero-order valence-electron chi connectivity index (χ0n) is 10.3. The van der Waals surface area contributed by atoms with Crippen LogP contribution in [0.2, 0.25) is 0 Å². The van der Waals surface area contributed by atoms with Crippen LogP contribution in [0.15, 0.2) is 29.4 Å². The van der Waals surface area contributed by atoms with E-state index in [1.54, 1.807) is 24.3 Å². The second kappa shape index (κ2) is 6.19. The molecule has 0 aliphatic rings. The van der Waals surface area contributed by atoms with E-state index in [0.717, 1.165) is 6.42 Å². The Kier molecular flexibility index (Phi) is 4.35. The van der Waals surface area contributed by atoms with Crippen LogP contribution < -0.4 is 5.32 Å². The van der Waals surface area contributed by atoms with Crippen LogP contribution in [0.3, 0.4) is 0 Å². The highest BCUT2D eigenvalue weighted by atomic mass is 32.1. The first kappa shape index (κ1) is 13.3. The van der Waals surface area contributed by atoms with Crippen LogP contribution in [0.5, 0.6) is 0 Å². The molecule has 1 N–H and O–H groups in total. The Balaban J connectivity index is 2.12. The molecule has 1 amide bonds. The number of nitrogens with one attached hydrogen (secondary N) is 1. The lowest BCUT2D eigenvalue weighted by molar-refractivity contribution is 0.161. The molecule has 0 aliphatic heterocycles. The second-order valence-electron chi connectivity index (χ2n) is 3.70. The Morgan fingerprint density at radius 1 is 1.53 bits per heavy atom. The van der Waals surface area contributed by atoms with Crippen LogP contribution in [0, 0.1) is 0 Å². The molecule has 1 aromatic carbocycles. The molecule has 0 saturated carbocycles. The van der Waals surface area contributed by atoms with Crippen molar-refractivity contribution >= 4 is 24.4 Å². The Labute approximate surface area is 115 Å². The lowest BCUT2D eigenvalue weighted by Gasteiger charge is -2.07. The van der Waals surface area contributed by atoms with Crippen LogP contribution in [-0.4, -0.2) is 32.9 Å². The first-order valence-corrected chi connectivity index (χ1v) is 6.17. The molecular formula is C11H13N5O2S. The summed E-state index contributed by atoms with van der Waals surface area (Å²) in [5.74, 6) is 0. The van der Waals surface area contributed by atoms with E-state index in [1.807, 2.05) is 6.92 Å². The Morgan fingerprint density at radius 2 is 2.37 bits per heavy atom. The van der Waals surface area contributed by atoms with E-state index < -0.39 is 6.09 Å². The van der Waals surface area contributed by atoms with E-state index in [1.165, 1.54) is 4.68 Å². The zero-order valence-corrected chi connectivity index (χ0v) is 11.2. The molecule has 0 fully saturated rings. The Morgan fingerprint density at radius 3 is 3.05 bits per heavy atom. The van der Waals surface area contributed by atoms with Crippen LogP contribution in [0.1, 0.15) is 13.3 Å². The van der Waals surface area contributed by atoms with Gasteiger partial charge in [0.15, 0.2) is 0 Å². The molecule has 7 nitrogen and oxygen atoms in total. The zero-order chi connectivity index (χ0) is 13.7. The van der Waals surface area contributed by atoms with Crippen molar-refractivity contribution < 1.29 is 9.53 Å². The fourth-order valence-corrected chi connectivity index (χ4v) is 1.61. The number of hydrogen-bond acceptors (Lipinski definition) is 6. The average molecular weight is 279 g/mol. The van der Waals surface area contributed by atoms with Gasteiger partial charge in [-0.15, -0.1) is 17.7 Å². The fraction of sp³-hybridized carbons (Fsp3) is 0.273. The number of nitrogens with zero attached hydrogens (tertiary/aromatic N) is 4. The molecule has 2 rings (SSSR count). The molecule has 100 valence electrons. The predicted molar refractivity (Wildman–Crippen MR) is 71.7 cm³/mol. The van der Waals surface area contributed by atoms with Gasteiger partial charge in [0, 0.05) is 5.69 Å². The highest BCUT2D eigenvalue weighted by Crippen LogP contribution is 2.16. The van der Waals surface area contributed by atoms with Gasteiger partial charge in [-0.2, -0.15) is 4.68 Å². The number of rotatable bonds is 4. The van der Waals surface area contributed by atoms with Gasteiger partial charge in [0.25, 0.3) is 0 Å². The van der Waals surface area contributed by atoms with E-state index in [-0.39, 0.29) is 0 Å². The molecule has 1 heterocycles. The highest BCUT2D eigenvalue weighted by molar-refractivity contribution is 7.80. The third-order valence-electron chi connectivity index (χ3n) is 2.23. The maximum absolute atomic E-state index is 11.4. The minimum Gasteiger partial charge on any atom is -0.449 e. The van der Waals surface area contributed by atoms with Crippen LogP contribution in [0.25, 0.3) is 5.69 Å². The molecule has 19 heavy (non-hydrogen) atoms. The molecule has 0 spiro atoms. The minimum atomic E-state index is -0.484. The summed E-state index contributed by atoms with van der Waals surface area (Å²) >= 11 is 4.13. The molecule has 0 saturated heterocycles. The van der Waals surface area contributed by atoms with E-state index >= 15 is 0 Å². The largest absolute Gasteiger partial charge is 0.449 e. The van der Waals surface area contributed by atoms with Crippen molar-refractivity contribution in [1.82, 2.24) is 20.2 Å². The van der Waals surface area contributed by atoms with Crippen molar-refractivity contribution in [3.63, 3.8) is 0 Å². The first-order valence-electron chi connectivity index (χ1n) is 5.72.